The first-order valence-corrected chi connectivity index (χ1v) is 6.53. The minimum atomic E-state index is -1.06. The molecule has 1 aliphatic rings. The van der Waals surface area contributed by atoms with Gasteiger partial charge in [-0.25, -0.2) is 8.78 Å². The molecule has 1 aliphatic heterocycles. The lowest BCUT2D eigenvalue weighted by molar-refractivity contribution is -0.143. The summed E-state index contributed by atoms with van der Waals surface area (Å²) in [6.45, 7) is 2.26. The molecule has 0 bridgehead atoms. The highest BCUT2D eigenvalue weighted by Crippen LogP contribution is 2.28. The van der Waals surface area contributed by atoms with Crippen LogP contribution < -0.4 is 0 Å². The molecule has 0 amide bonds. The van der Waals surface area contributed by atoms with E-state index in [0.717, 1.165) is 18.6 Å². The van der Waals surface area contributed by atoms with Crippen molar-refractivity contribution in [1.82, 2.24) is 4.90 Å². The second-order valence-electron chi connectivity index (χ2n) is 5.09. The molecule has 2 N–H and O–H groups in total. The van der Waals surface area contributed by atoms with Crippen molar-refractivity contribution in [2.24, 2.45) is 0 Å². The van der Waals surface area contributed by atoms with Gasteiger partial charge in [-0.3, -0.25) is 9.69 Å². The van der Waals surface area contributed by atoms with Crippen molar-refractivity contribution in [3.05, 3.63) is 35.4 Å². The SMILES string of the molecule is CC(C(O)c1ccc(F)c(F)c1)N1CCCC1C(=O)O. The van der Waals surface area contributed by atoms with Gasteiger partial charge in [-0.05, 0) is 44.0 Å². The molecular weight excluding hydrogens is 268 g/mol. The first kappa shape index (κ1) is 14.9. The number of likely N-dealkylation sites (tertiary alicyclic amines) is 1. The zero-order valence-corrected chi connectivity index (χ0v) is 11.1. The molecule has 0 saturated carbocycles. The van der Waals surface area contributed by atoms with Gasteiger partial charge in [-0.15, -0.1) is 0 Å². The third-order valence-corrected chi connectivity index (χ3v) is 3.84. The number of aliphatic hydroxyl groups is 1. The van der Waals surface area contributed by atoms with E-state index in [1.165, 1.54) is 6.07 Å². The number of nitrogens with zero attached hydrogens (tertiary/aromatic N) is 1. The van der Waals surface area contributed by atoms with E-state index in [1.54, 1.807) is 11.8 Å². The van der Waals surface area contributed by atoms with Gasteiger partial charge in [-0.2, -0.15) is 0 Å². The van der Waals surface area contributed by atoms with E-state index < -0.39 is 35.8 Å². The predicted octanol–water partition coefficient (Wildman–Crippen LogP) is 1.94. The Balaban J connectivity index is 2.17. The molecule has 4 nitrogen and oxygen atoms in total. The van der Waals surface area contributed by atoms with Gasteiger partial charge in [0.15, 0.2) is 11.6 Å². The Hall–Kier alpha value is -1.53. The van der Waals surface area contributed by atoms with Crippen molar-refractivity contribution in [3.63, 3.8) is 0 Å². The van der Waals surface area contributed by atoms with Crippen LogP contribution in [0.5, 0.6) is 0 Å². The smallest absolute Gasteiger partial charge is 0.320 e. The third kappa shape index (κ3) is 2.81. The summed E-state index contributed by atoms with van der Waals surface area (Å²) >= 11 is 0. The van der Waals surface area contributed by atoms with E-state index in [-0.39, 0.29) is 5.56 Å². The van der Waals surface area contributed by atoms with Crippen molar-refractivity contribution in [2.45, 2.75) is 38.0 Å². The molecular formula is C14H17F2NO3. The maximum Gasteiger partial charge on any atom is 0.320 e. The quantitative estimate of drug-likeness (QED) is 0.887. The minimum Gasteiger partial charge on any atom is -0.480 e. The number of hydrogen-bond acceptors (Lipinski definition) is 3. The standard InChI is InChI=1S/C14H17F2NO3/c1-8(17-6-2-3-12(17)14(19)20)13(18)9-4-5-10(15)11(16)7-9/h4-5,7-8,12-13,18H,2-3,6H2,1H3,(H,19,20). The third-order valence-electron chi connectivity index (χ3n) is 3.84. The summed E-state index contributed by atoms with van der Waals surface area (Å²) in [5, 5.41) is 19.4. The van der Waals surface area contributed by atoms with E-state index in [4.69, 9.17) is 5.11 Å². The molecule has 0 radical (unpaired) electrons. The summed E-state index contributed by atoms with van der Waals surface area (Å²) in [6, 6.07) is 2.10. The van der Waals surface area contributed by atoms with E-state index in [2.05, 4.69) is 0 Å². The summed E-state index contributed by atoms with van der Waals surface area (Å²) in [7, 11) is 0. The predicted molar refractivity (Wildman–Crippen MR) is 68.1 cm³/mol. The lowest BCUT2D eigenvalue weighted by atomic mass is 10.0. The van der Waals surface area contributed by atoms with Crippen molar-refractivity contribution >= 4 is 5.97 Å². The number of aliphatic hydroxyl groups excluding tert-OH is 1. The maximum absolute atomic E-state index is 13.2. The fourth-order valence-corrected chi connectivity index (χ4v) is 2.70. The fourth-order valence-electron chi connectivity index (χ4n) is 2.70. The van der Waals surface area contributed by atoms with Crippen LogP contribution in [0.4, 0.5) is 8.78 Å². The summed E-state index contributed by atoms with van der Waals surface area (Å²) in [6.07, 6.45) is 0.209. The number of carbonyl (C=O) groups is 1. The average molecular weight is 285 g/mol. The Kier molecular flexibility index (Phi) is 4.35. The number of benzene rings is 1. The van der Waals surface area contributed by atoms with Crippen LogP contribution in [0.3, 0.4) is 0 Å². The van der Waals surface area contributed by atoms with Crippen molar-refractivity contribution in [1.29, 1.82) is 0 Å². The molecule has 1 fully saturated rings. The van der Waals surface area contributed by atoms with Crippen LogP contribution in [0.2, 0.25) is 0 Å². The molecule has 0 aliphatic carbocycles. The molecule has 3 unspecified atom stereocenters. The van der Waals surface area contributed by atoms with Crippen LogP contribution >= 0.6 is 0 Å². The van der Waals surface area contributed by atoms with Gasteiger partial charge in [0.2, 0.25) is 0 Å². The number of carboxylic acids is 1. The van der Waals surface area contributed by atoms with Gasteiger partial charge in [0.1, 0.15) is 6.04 Å². The van der Waals surface area contributed by atoms with Crippen LogP contribution in [-0.4, -0.2) is 39.7 Å². The Bertz CT molecular complexity index is 509. The van der Waals surface area contributed by atoms with Crippen LogP contribution in [0, 0.1) is 11.6 Å². The molecule has 1 heterocycles. The van der Waals surface area contributed by atoms with Crippen LogP contribution in [0.1, 0.15) is 31.4 Å². The molecule has 1 aromatic rings. The summed E-state index contributed by atoms with van der Waals surface area (Å²) in [5.74, 6) is -2.92. The highest BCUT2D eigenvalue weighted by atomic mass is 19.2. The summed E-state index contributed by atoms with van der Waals surface area (Å²) in [4.78, 5) is 12.8. The van der Waals surface area contributed by atoms with Crippen LogP contribution in [0.15, 0.2) is 18.2 Å². The van der Waals surface area contributed by atoms with Gasteiger partial charge >= 0.3 is 5.97 Å². The molecule has 2 rings (SSSR count). The largest absolute Gasteiger partial charge is 0.480 e. The molecule has 20 heavy (non-hydrogen) atoms. The van der Waals surface area contributed by atoms with Crippen LogP contribution in [-0.2, 0) is 4.79 Å². The van der Waals surface area contributed by atoms with Crippen molar-refractivity contribution in [2.75, 3.05) is 6.54 Å². The zero-order valence-electron chi connectivity index (χ0n) is 11.1. The number of aliphatic carboxylic acids is 1. The number of hydrogen-bond donors (Lipinski definition) is 2. The van der Waals surface area contributed by atoms with Gasteiger partial charge < -0.3 is 10.2 Å². The van der Waals surface area contributed by atoms with Crippen LogP contribution in [0.25, 0.3) is 0 Å². The number of carboxylic acid groups (broad SMARTS) is 1. The first-order valence-electron chi connectivity index (χ1n) is 6.53. The Morgan fingerprint density at radius 1 is 1.40 bits per heavy atom. The van der Waals surface area contributed by atoms with E-state index in [0.29, 0.717) is 13.0 Å². The number of rotatable bonds is 4. The van der Waals surface area contributed by atoms with Crippen molar-refractivity contribution < 1.29 is 23.8 Å². The molecule has 1 aromatic carbocycles. The lowest BCUT2D eigenvalue weighted by Gasteiger charge is -2.31. The summed E-state index contributed by atoms with van der Waals surface area (Å²) in [5.41, 5.74) is 0.243. The zero-order chi connectivity index (χ0) is 14.9. The molecule has 3 atom stereocenters. The highest BCUT2D eigenvalue weighted by Gasteiger charge is 2.36. The van der Waals surface area contributed by atoms with E-state index >= 15 is 0 Å². The van der Waals surface area contributed by atoms with Gasteiger partial charge in [0.25, 0.3) is 0 Å². The van der Waals surface area contributed by atoms with Gasteiger partial charge in [0.05, 0.1) is 6.10 Å². The second-order valence-corrected chi connectivity index (χ2v) is 5.09. The Morgan fingerprint density at radius 3 is 2.70 bits per heavy atom. The minimum absolute atomic E-state index is 0.243. The summed E-state index contributed by atoms with van der Waals surface area (Å²) < 4.78 is 26.1. The monoisotopic (exact) mass is 285 g/mol. The van der Waals surface area contributed by atoms with Crippen molar-refractivity contribution in [3.8, 4) is 0 Å². The Morgan fingerprint density at radius 2 is 2.10 bits per heavy atom. The molecule has 0 aromatic heterocycles. The molecule has 110 valence electrons. The molecule has 6 heteroatoms. The van der Waals surface area contributed by atoms with E-state index in [9.17, 15) is 18.7 Å². The van der Waals surface area contributed by atoms with Gasteiger partial charge in [-0.1, -0.05) is 6.07 Å². The number of halogens is 2. The van der Waals surface area contributed by atoms with Gasteiger partial charge in [0, 0.05) is 6.04 Å². The molecule has 0 spiro atoms. The fraction of sp³-hybridized carbons (Fsp3) is 0.500. The second kappa shape index (κ2) is 5.85. The maximum atomic E-state index is 13.2. The normalized spacial score (nSPS) is 22.7. The molecule has 1 saturated heterocycles. The van der Waals surface area contributed by atoms with E-state index in [1.807, 2.05) is 0 Å². The Labute approximate surface area is 115 Å². The topological polar surface area (TPSA) is 60.8 Å². The lowest BCUT2D eigenvalue weighted by Crippen LogP contribution is -2.44. The highest BCUT2D eigenvalue weighted by molar-refractivity contribution is 5.73. The first-order chi connectivity index (χ1) is 9.41. The average Bonchev–Trinajstić information content (AvgIpc) is 2.89.